The quantitative estimate of drug-likeness (QED) is 0.782. The molecular weight excluding hydrogens is 377 g/mol. The number of hydrogen-bond donors (Lipinski definition) is 2. The Morgan fingerprint density at radius 3 is 2.79 bits per heavy atom. The van der Waals surface area contributed by atoms with E-state index in [4.69, 9.17) is 17.3 Å². The molecule has 5 nitrogen and oxygen atoms in total. The fourth-order valence-corrected chi connectivity index (χ4v) is 4.01. The van der Waals surface area contributed by atoms with Crippen molar-refractivity contribution in [2.75, 3.05) is 19.4 Å². The van der Waals surface area contributed by atoms with Crippen LogP contribution in [0.5, 0.6) is 0 Å². The zero-order valence-corrected chi connectivity index (χ0v) is 17.3. The van der Waals surface area contributed by atoms with Crippen molar-refractivity contribution in [2.24, 2.45) is 5.73 Å². The Morgan fingerprint density at radius 1 is 1.32 bits per heavy atom. The van der Waals surface area contributed by atoms with Crippen molar-refractivity contribution in [3.8, 4) is 0 Å². The number of hydrogen-bond acceptors (Lipinski definition) is 5. The first-order valence-electron chi connectivity index (χ1n) is 9.55. The molecule has 0 amide bonds. The lowest BCUT2D eigenvalue weighted by Gasteiger charge is -2.36. The highest BCUT2D eigenvalue weighted by atomic mass is 35.5. The minimum absolute atomic E-state index is 0.138. The first kappa shape index (κ1) is 20.6. The zero-order valence-electron chi connectivity index (χ0n) is 16.5. The first-order chi connectivity index (χ1) is 13.4. The molecule has 1 aromatic heterocycles. The van der Waals surface area contributed by atoms with Gasteiger partial charge in [-0.3, -0.25) is 0 Å². The highest BCUT2D eigenvalue weighted by molar-refractivity contribution is 6.30. The molecule has 1 saturated carbocycles. The van der Waals surface area contributed by atoms with Crippen molar-refractivity contribution in [1.82, 2.24) is 14.9 Å². The van der Waals surface area contributed by atoms with Crippen LogP contribution in [0, 0.1) is 12.7 Å². The third kappa shape index (κ3) is 4.45. The molecule has 1 aromatic carbocycles. The topological polar surface area (TPSA) is 67.1 Å². The Balaban J connectivity index is 1.93. The van der Waals surface area contributed by atoms with E-state index in [0.717, 1.165) is 30.4 Å². The Bertz CT molecular complexity index is 868. The molecule has 0 saturated heterocycles. The number of nitrogens with one attached hydrogen (secondary N) is 1. The number of halogens is 2. The molecule has 150 valence electrons. The van der Waals surface area contributed by atoms with Gasteiger partial charge in [-0.25, -0.2) is 14.4 Å². The number of aryl methyl sites for hydroxylation is 1. The first-order valence-corrected chi connectivity index (χ1v) is 9.92. The van der Waals surface area contributed by atoms with E-state index >= 15 is 0 Å². The Morgan fingerprint density at radius 2 is 2.07 bits per heavy atom. The van der Waals surface area contributed by atoms with Crippen LogP contribution in [-0.4, -0.2) is 41.0 Å². The van der Waals surface area contributed by atoms with Crippen LogP contribution in [-0.2, 0) is 0 Å². The zero-order chi connectivity index (χ0) is 20.3. The van der Waals surface area contributed by atoms with Crippen LogP contribution >= 0.6 is 11.6 Å². The minimum atomic E-state index is -0.467. The Kier molecular flexibility index (Phi) is 6.52. The number of benzene rings is 1. The van der Waals surface area contributed by atoms with Crippen molar-refractivity contribution in [3.05, 3.63) is 58.4 Å². The standard InChI is InChI=1S/C21H27ClFN5/c1-13-8-9-14(22)10-15(13)16(11-24)20-25-12-17(23)21(27-20)26-18-6-4-5-7-19(18)28(2)3/h8-12,18-19H,4-7,24H2,1-3H3,(H,25,26,27)/b16-11+/t18-,19?/m0/s1. The van der Waals surface area contributed by atoms with E-state index in [2.05, 4.69) is 34.3 Å². The second kappa shape index (κ2) is 8.88. The summed E-state index contributed by atoms with van der Waals surface area (Å²) in [5.41, 5.74) is 8.32. The monoisotopic (exact) mass is 403 g/mol. The number of nitrogens with two attached hydrogens (primary N) is 1. The maximum atomic E-state index is 14.5. The van der Waals surface area contributed by atoms with E-state index in [1.165, 1.54) is 18.8 Å². The number of aromatic nitrogens is 2. The van der Waals surface area contributed by atoms with Crippen molar-refractivity contribution in [1.29, 1.82) is 0 Å². The molecule has 0 spiro atoms. The number of nitrogens with zero attached hydrogens (tertiary/aromatic N) is 3. The fraction of sp³-hybridized carbons (Fsp3) is 0.429. The molecule has 2 aromatic rings. The summed E-state index contributed by atoms with van der Waals surface area (Å²) in [6.07, 6.45) is 7.01. The Labute approximate surface area is 170 Å². The summed E-state index contributed by atoms with van der Waals surface area (Å²) in [7, 11) is 4.12. The minimum Gasteiger partial charge on any atom is -0.404 e. The summed E-state index contributed by atoms with van der Waals surface area (Å²) in [6.45, 7) is 1.96. The molecule has 1 aliphatic rings. The van der Waals surface area contributed by atoms with Crippen LogP contribution in [0.15, 0.2) is 30.6 Å². The van der Waals surface area contributed by atoms with E-state index < -0.39 is 5.82 Å². The SMILES string of the molecule is Cc1ccc(Cl)cc1/C(=C\N)c1ncc(F)c(N[C@H]2CCCCC2N(C)C)n1. The van der Waals surface area contributed by atoms with Crippen molar-refractivity contribution in [2.45, 2.75) is 44.7 Å². The van der Waals surface area contributed by atoms with E-state index in [0.29, 0.717) is 22.5 Å². The maximum Gasteiger partial charge on any atom is 0.183 e. The molecule has 1 fully saturated rings. The van der Waals surface area contributed by atoms with Gasteiger partial charge in [0.15, 0.2) is 17.5 Å². The molecule has 1 heterocycles. The van der Waals surface area contributed by atoms with Crippen LogP contribution in [0.4, 0.5) is 10.2 Å². The summed E-state index contributed by atoms with van der Waals surface area (Å²) in [6, 6.07) is 6.02. The predicted molar refractivity (Wildman–Crippen MR) is 113 cm³/mol. The fourth-order valence-electron chi connectivity index (χ4n) is 3.84. The molecule has 1 aliphatic carbocycles. The van der Waals surface area contributed by atoms with Gasteiger partial charge in [0, 0.05) is 28.9 Å². The molecule has 0 aliphatic heterocycles. The number of anilines is 1. The predicted octanol–water partition coefficient (Wildman–Crippen LogP) is 4.21. The number of likely N-dealkylation sites (N-methyl/N-ethyl adjacent to an activating group) is 1. The molecule has 0 bridgehead atoms. The van der Waals surface area contributed by atoms with Gasteiger partial charge in [-0.15, -0.1) is 0 Å². The third-order valence-electron chi connectivity index (χ3n) is 5.36. The van der Waals surface area contributed by atoms with E-state index in [-0.39, 0.29) is 11.9 Å². The molecule has 3 N–H and O–H groups in total. The molecule has 7 heteroatoms. The van der Waals surface area contributed by atoms with Gasteiger partial charge in [-0.2, -0.15) is 0 Å². The average molecular weight is 404 g/mol. The van der Waals surface area contributed by atoms with Gasteiger partial charge in [0.2, 0.25) is 0 Å². The average Bonchev–Trinajstić information content (AvgIpc) is 2.67. The van der Waals surface area contributed by atoms with Gasteiger partial charge < -0.3 is 16.0 Å². The third-order valence-corrected chi connectivity index (χ3v) is 5.59. The van der Waals surface area contributed by atoms with Crippen molar-refractivity contribution < 1.29 is 4.39 Å². The summed E-state index contributed by atoms with van der Waals surface area (Å²) in [5, 5.41) is 3.91. The maximum absolute atomic E-state index is 14.5. The highest BCUT2D eigenvalue weighted by Gasteiger charge is 2.28. The van der Waals surface area contributed by atoms with Crippen LogP contribution < -0.4 is 11.1 Å². The summed E-state index contributed by atoms with van der Waals surface area (Å²) in [4.78, 5) is 10.8. The summed E-state index contributed by atoms with van der Waals surface area (Å²) >= 11 is 6.15. The van der Waals surface area contributed by atoms with Crippen LogP contribution in [0.3, 0.4) is 0 Å². The van der Waals surface area contributed by atoms with Crippen LogP contribution in [0.2, 0.25) is 5.02 Å². The van der Waals surface area contributed by atoms with Crippen LogP contribution in [0.1, 0.15) is 42.6 Å². The lowest BCUT2D eigenvalue weighted by molar-refractivity contribution is 0.211. The van der Waals surface area contributed by atoms with Gasteiger partial charge in [0.1, 0.15) is 0 Å². The lowest BCUT2D eigenvalue weighted by atomic mass is 9.89. The van der Waals surface area contributed by atoms with Gasteiger partial charge in [0.05, 0.1) is 6.20 Å². The molecule has 2 atom stereocenters. The largest absolute Gasteiger partial charge is 0.404 e. The molecule has 3 rings (SSSR count). The normalized spacial score (nSPS) is 20.4. The van der Waals surface area contributed by atoms with E-state index in [1.54, 1.807) is 0 Å². The Hall–Kier alpha value is -2.18. The van der Waals surface area contributed by atoms with E-state index in [1.807, 2.05) is 25.1 Å². The molecular formula is C21H27ClFN5. The van der Waals surface area contributed by atoms with Crippen molar-refractivity contribution in [3.63, 3.8) is 0 Å². The van der Waals surface area contributed by atoms with E-state index in [9.17, 15) is 4.39 Å². The smallest absolute Gasteiger partial charge is 0.183 e. The summed E-state index contributed by atoms with van der Waals surface area (Å²) in [5.74, 6) is 0.114. The van der Waals surface area contributed by atoms with Crippen LogP contribution in [0.25, 0.3) is 5.57 Å². The molecule has 1 unspecified atom stereocenters. The van der Waals surface area contributed by atoms with Gasteiger partial charge >= 0.3 is 0 Å². The van der Waals surface area contributed by atoms with Gasteiger partial charge in [-0.05, 0) is 57.1 Å². The van der Waals surface area contributed by atoms with Gasteiger partial charge in [0.25, 0.3) is 0 Å². The highest BCUT2D eigenvalue weighted by Crippen LogP contribution is 2.29. The second-order valence-electron chi connectivity index (χ2n) is 7.50. The lowest BCUT2D eigenvalue weighted by Crippen LogP contribution is -2.45. The molecule has 28 heavy (non-hydrogen) atoms. The molecule has 0 radical (unpaired) electrons. The number of rotatable bonds is 5. The van der Waals surface area contributed by atoms with Gasteiger partial charge in [-0.1, -0.05) is 30.5 Å². The summed E-state index contributed by atoms with van der Waals surface area (Å²) < 4.78 is 14.5. The second-order valence-corrected chi connectivity index (χ2v) is 7.93. The van der Waals surface area contributed by atoms with Crippen molar-refractivity contribution >= 4 is 23.0 Å².